The highest BCUT2D eigenvalue weighted by molar-refractivity contribution is 14.1. The lowest BCUT2D eigenvalue weighted by Gasteiger charge is -2.16. The van der Waals surface area contributed by atoms with Gasteiger partial charge in [-0.15, -0.1) is 0 Å². The van der Waals surface area contributed by atoms with Gasteiger partial charge in [-0.05, 0) is 120 Å². The first-order chi connectivity index (χ1) is 13.8. The Bertz CT molecular complexity index is 1010. The van der Waals surface area contributed by atoms with Gasteiger partial charge in [0.15, 0.2) is 17.2 Å². The van der Waals surface area contributed by atoms with E-state index in [1.807, 2.05) is 58.0 Å². The molecule has 0 fully saturated rings. The van der Waals surface area contributed by atoms with Crippen molar-refractivity contribution in [2.75, 3.05) is 6.61 Å². The van der Waals surface area contributed by atoms with Crippen LogP contribution in [-0.2, 0) is 9.53 Å². The Kier molecular flexibility index (Phi) is 7.20. The van der Waals surface area contributed by atoms with E-state index in [9.17, 15) is 4.79 Å². The van der Waals surface area contributed by atoms with Crippen molar-refractivity contribution in [1.82, 2.24) is 0 Å². The Hall–Kier alpha value is -1.62. The molecular weight excluding hydrogens is 596 g/mol. The SMILES string of the molecule is CCOc1cc(/C=C2\N=C(c3ccc(I)c(C)c3)OC2=O)cc(I)c1OC(C)C. The lowest BCUT2D eigenvalue weighted by Crippen LogP contribution is -2.09. The maximum atomic E-state index is 12.4. The van der Waals surface area contributed by atoms with E-state index in [-0.39, 0.29) is 11.8 Å². The molecule has 152 valence electrons. The lowest BCUT2D eigenvalue weighted by atomic mass is 10.1. The molecule has 0 aliphatic carbocycles. The molecule has 0 atom stereocenters. The summed E-state index contributed by atoms with van der Waals surface area (Å²) in [6.07, 6.45) is 1.74. The van der Waals surface area contributed by atoms with E-state index in [1.165, 1.54) is 0 Å². The molecule has 1 heterocycles. The van der Waals surface area contributed by atoms with Crippen molar-refractivity contribution in [3.05, 3.63) is 59.9 Å². The fourth-order valence-corrected chi connectivity index (χ4v) is 3.84. The molecule has 0 N–H and O–H groups in total. The van der Waals surface area contributed by atoms with Crippen LogP contribution in [0.5, 0.6) is 11.5 Å². The Morgan fingerprint density at radius 1 is 1.17 bits per heavy atom. The Balaban J connectivity index is 1.97. The zero-order valence-corrected chi connectivity index (χ0v) is 20.9. The molecule has 3 rings (SSSR count). The number of ether oxygens (including phenoxy) is 3. The number of hydrogen-bond acceptors (Lipinski definition) is 5. The Morgan fingerprint density at radius 2 is 1.93 bits per heavy atom. The van der Waals surface area contributed by atoms with Crippen LogP contribution in [0.3, 0.4) is 0 Å². The van der Waals surface area contributed by atoms with Gasteiger partial charge in [0.25, 0.3) is 0 Å². The van der Waals surface area contributed by atoms with Crippen LogP contribution < -0.4 is 9.47 Å². The molecule has 0 spiro atoms. The third kappa shape index (κ3) is 5.30. The largest absolute Gasteiger partial charge is 0.490 e. The van der Waals surface area contributed by atoms with Crippen molar-refractivity contribution in [2.24, 2.45) is 4.99 Å². The fourth-order valence-electron chi connectivity index (χ4n) is 2.75. The van der Waals surface area contributed by atoms with Gasteiger partial charge in [-0.1, -0.05) is 0 Å². The van der Waals surface area contributed by atoms with Crippen LogP contribution in [0.1, 0.15) is 37.5 Å². The average Bonchev–Trinajstić information content (AvgIpc) is 3.01. The van der Waals surface area contributed by atoms with E-state index in [2.05, 4.69) is 50.2 Å². The van der Waals surface area contributed by atoms with Crippen molar-refractivity contribution in [3.63, 3.8) is 0 Å². The van der Waals surface area contributed by atoms with E-state index >= 15 is 0 Å². The summed E-state index contributed by atoms with van der Waals surface area (Å²) >= 11 is 4.48. The van der Waals surface area contributed by atoms with Crippen LogP contribution in [0.25, 0.3) is 6.08 Å². The highest BCUT2D eigenvalue weighted by Gasteiger charge is 2.25. The Labute approximate surface area is 197 Å². The van der Waals surface area contributed by atoms with Crippen LogP contribution in [0.15, 0.2) is 41.0 Å². The Morgan fingerprint density at radius 3 is 2.59 bits per heavy atom. The number of carbonyl (C=O) groups excluding carboxylic acids is 1. The second-order valence-corrected chi connectivity index (χ2v) is 9.05. The van der Waals surface area contributed by atoms with Crippen LogP contribution >= 0.6 is 45.2 Å². The number of esters is 1. The van der Waals surface area contributed by atoms with E-state index in [1.54, 1.807) is 6.08 Å². The van der Waals surface area contributed by atoms with Gasteiger partial charge in [-0.3, -0.25) is 0 Å². The molecule has 0 bridgehead atoms. The summed E-state index contributed by atoms with van der Waals surface area (Å²) in [5.41, 5.74) is 2.94. The highest BCUT2D eigenvalue weighted by atomic mass is 127. The molecule has 0 unspecified atom stereocenters. The first-order valence-corrected chi connectivity index (χ1v) is 11.4. The van der Waals surface area contributed by atoms with E-state index in [0.717, 1.165) is 23.8 Å². The molecule has 0 radical (unpaired) electrons. The minimum atomic E-state index is -0.466. The number of aliphatic imine (C=N–C) groups is 1. The maximum Gasteiger partial charge on any atom is 0.363 e. The number of halogens is 2. The summed E-state index contributed by atoms with van der Waals surface area (Å²) in [6, 6.07) is 9.63. The van der Waals surface area contributed by atoms with Crippen LogP contribution in [-0.4, -0.2) is 24.6 Å². The molecular formula is C22H21I2NO4. The van der Waals surface area contributed by atoms with Crippen LogP contribution in [0.2, 0.25) is 0 Å². The van der Waals surface area contributed by atoms with Crippen molar-refractivity contribution in [1.29, 1.82) is 0 Å². The zero-order valence-electron chi connectivity index (χ0n) is 16.6. The minimum absolute atomic E-state index is 0.0290. The number of rotatable bonds is 6. The standard InChI is InChI=1S/C22H21I2NO4/c1-5-27-19-11-14(9-17(24)20(19)28-12(2)3)10-18-22(26)29-21(25-18)15-6-7-16(23)13(4)8-15/h6-12H,5H2,1-4H3/b18-10-. The quantitative estimate of drug-likeness (QED) is 0.236. The monoisotopic (exact) mass is 617 g/mol. The third-order valence-electron chi connectivity index (χ3n) is 4.01. The molecule has 0 saturated heterocycles. The number of hydrogen-bond donors (Lipinski definition) is 0. The second-order valence-electron chi connectivity index (χ2n) is 6.73. The maximum absolute atomic E-state index is 12.4. The zero-order chi connectivity index (χ0) is 21.1. The van der Waals surface area contributed by atoms with Gasteiger partial charge in [0, 0.05) is 9.13 Å². The summed E-state index contributed by atoms with van der Waals surface area (Å²) in [4.78, 5) is 16.8. The van der Waals surface area contributed by atoms with Crippen molar-refractivity contribution in [2.45, 2.75) is 33.8 Å². The molecule has 29 heavy (non-hydrogen) atoms. The van der Waals surface area contributed by atoms with Crippen molar-refractivity contribution in [3.8, 4) is 11.5 Å². The first kappa shape index (κ1) is 22.1. The van der Waals surface area contributed by atoms with Crippen molar-refractivity contribution >= 4 is 63.1 Å². The molecule has 0 aromatic heterocycles. The number of carbonyl (C=O) groups is 1. The molecule has 2 aromatic rings. The molecule has 5 nitrogen and oxygen atoms in total. The average molecular weight is 617 g/mol. The summed E-state index contributed by atoms with van der Waals surface area (Å²) in [6.45, 7) is 8.39. The highest BCUT2D eigenvalue weighted by Crippen LogP contribution is 2.36. The van der Waals surface area contributed by atoms with Gasteiger partial charge in [-0.25, -0.2) is 9.79 Å². The van der Waals surface area contributed by atoms with Gasteiger partial charge >= 0.3 is 5.97 Å². The normalized spacial score (nSPS) is 14.9. The first-order valence-electron chi connectivity index (χ1n) is 9.20. The molecule has 1 aliphatic heterocycles. The van der Waals surface area contributed by atoms with Crippen LogP contribution in [0, 0.1) is 14.1 Å². The summed E-state index contributed by atoms with van der Waals surface area (Å²) in [5.74, 6) is 1.20. The van der Waals surface area contributed by atoms with Gasteiger partial charge in [0.1, 0.15) is 0 Å². The summed E-state index contributed by atoms with van der Waals surface area (Å²) in [5, 5.41) is 0. The summed E-state index contributed by atoms with van der Waals surface area (Å²) < 4.78 is 19.1. The smallest absolute Gasteiger partial charge is 0.363 e. The topological polar surface area (TPSA) is 57.1 Å². The summed E-state index contributed by atoms with van der Waals surface area (Å²) in [7, 11) is 0. The van der Waals surface area contributed by atoms with E-state index in [4.69, 9.17) is 14.2 Å². The molecule has 0 amide bonds. The number of aryl methyl sites for hydroxylation is 1. The van der Waals surface area contributed by atoms with Gasteiger partial charge in [0.05, 0.1) is 16.3 Å². The second kappa shape index (κ2) is 9.46. The fraction of sp³-hybridized carbons (Fsp3) is 0.273. The predicted octanol–water partition coefficient (Wildman–Crippen LogP) is 5.73. The third-order valence-corrected chi connectivity index (χ3v) is 6.03. The number of nitrogens with zero attached hydrogens (tertiary/aromatic N) is 1. The van der Waals surface area contributed by atoms with E-state index < -0.39 is 5.97 Å². The molecule has 1 aliphatic rings. The van der Waals surface area contributed by atoms with Gasteiger partial charge in [-0.2, -0.15) is 0 Å². The van der Waals surface area contributed by atoms with E-state index in [0.29, 0.717) is 24.0 Å². The van der Waals surface area contributed by atoms with Crippen molar-refractivity contribution < 1.29 is 19.0 Å². The van der Waals surface area contributed by atoms with Gasteiger partial charge in [0.2, 0.25) is 5.90 Å². The molecule has 7 heteroatoms. The number of cyclic esters (lactones) is 1. The predicted molar refractivity (Wildman–Crippen MR) is 131 cm³/mol. The van der Waals surface area contributed by atoms with Gasteiger partial charge < -0.3 is 14.2 Å². The molecule has 0 saturated carbocycles. The number of benzene rings is 2. The molecule has 2 aromatic carbocycles. The minimum Gasteiger partial charge on any atom is -0.490 e. The van der Waals surface area contributed by atoms with Crippen LogP contribution in [0.4, 0.5) is 0 Å². The lowest BCUT2D eigenvalue weighted by molar-refractivity contribution is -0.129.